The Morgan fingerprint density at radius 3 is 2.55 bits per heavy atom. The molecule has 0 aromatic carbocycles. The van der Waals surface area contributed by atoms with Crippen LogP contribution in [0.4, 0.5) is 0 Å². The van der Waals surface area contributed by atoms with Gasteiger partial charge >= 0.3 is 5.97 Å². The third-order valence-electron chi connectivity index (χ3n) is 3.78. The number of amides is 1. The number of nitrogens with zero attached hydrogens (tertiary/aromatic N) is 1. The fraction of sp³-hybridized carbons (Fsp3) is 0.857. The van der Waals surface area contributed by atoms with Gasteiger partial charge in [0.2, 0.25) is 0 Å². The lowest BCUT2D eigenvalue weighted by atomic mass is 10.1. The number of hydrogen-bond donors (Lipinski definition) is 0. The van der Waals surface area contributed by atoms with E-state index in [0.29, 0.717) is 19.7 Å². The Balaban J connectivity index is 1.90. The highest BCUT2D eigenvalue weighted by Gasteiger charge is 2.30. The van der Waals surface area contributed by atoms with Crippen molar-refractivity contribution in [2.45, 2.75) is 44.3 Å². The average Bonchev–Trinajstić information content (AvgIpc) is 3.14. The summed E-state index contributed by atoms with van der Waals surface area (Å²) in [4.78, 5) is 25.4. The van der Waals surface area contributed by atoms with Crippen molar-refractivity contribution in [2.75, 3.05) is 33.4 Å². The molecule has 2 saturated heterocycles. The van der Waals surface area contributed by atoms with Crippen molar-refractivity contribution >= 4 is 11.9 Å². The first kappa shape index (κ1) is 15.3. The lowest BCUT2D eigenvalue weighted by molar-refractivity contribution is -0.145. The smallest absolute Gasteiger partial charge is 0.307 e. The molecule has 0 bridgehead atoms. The van der Waals surface area contributed by atoms with E-state index in [1.165, 1.54) is 7.11 Å². The van der Waals surface area contributed by atoms with E-state index in [1.54, 1.807) is 4.90 Å². The van der Waals surface area contributed by atoms with Crippen LogP contribution in [-0.4, -0.2) is 62.4 Å². The molecule has 2 fully saturated rings. The van der Waals surface area contributed by atoms with E-state index in [-0.39, 0.29) is 30.5 Å². The number of methoxy groups -OCH3 is 1. The molecule has 0 aromatic rings. The van der Waals surface area contributed by atoms with Crippen molar-refractivity contribution in [3.63, 3.8) is 0 Å². The van der Waals surface area contributed by atoms with Crippen LogP contribution in [0.25, 0.3) is 0 Å². The first-order chi connectivity index (χ1) is 9.70. The van der Waals surface area contributed by atoms with Gasteiger partial charge in [-0.3, -0.25) is 9.59 Å². The molecule has 0 N–H and O–H groups in total. The predicted octanol–water partition coefficient (Wildman–Crippen LogP) is 0.736. The number of esters is 1. The standard InChI is InChI=1S/C14H23NO5/c1-18-13(16)6-7-15(10-11-4-2-8-19-11)14(17)12-5-3-9-20-12/h11-12H,2-10H2,1H3/t11?,12-/m1/s1. The Morgan fingerprint density at radius 1 is 1.20 bits per heavy atom. The molecule has 6 nitrogen and oxygen atoms in total. The van der Waals surface area contributed by atoms with Crippen molar-refractivity contribution in [3.05, 3.63) is 0 Å². The first-order valence-electron chi connectivity index (χ1n) is 7.29. The van der Waals surface area contributed by atoms with Gasteiger partial charge in [-0.1, -0.05) is 0 Å². The fourth-order valence-corrected chi connectivity index (χ4v) is 2.63. The van der Waals surface area contributed by atoms with Crippen molar-refractivity contribution in [1.82, 2.24) is 4.90 Å². The van der Waals surface area contributed by atoms with E-state index in [9.17, 15) is 9.59 Å². The molecule has 0 saturated carbocycles. The first-order valence-corrected chi connectivity index (χ1v) is 7.29. The summed E-state index contributed by atoms with van der Waals surface area (Å²) in [5.41, 5.74) is 0. The Kier molecular flexibility index (Phi) is 5.79. The van der Waals surface area contributed by atoms with Crippen LogP contribution in [0.15, 0.2) is 0 Å². The molecule has 0 aliphatic carbocycles. The van der Waals surface area contributed by atoms with E-state index in [2.05, 4.69) is 4.74 Å². The van der Waals surface area contributed by atoms with Gasteiger partial charge in [0.25, 0.3) is 5.91 Å². The van der Waals surface area contributed by atoms with Crippen LogP contribution in [-0.2, 0) is 23.8 Å². The van der Waals surface area contributed by atoms with Crippen LogP contribution in [0.3, 0.4) is 0 Å². The van der Waals surface area contributed by atoms with Gasteiger partial charge in [0, 0.05) is 26.3 Å². The molecule has 2 atom stereocenters. The normalized spacial score (nSPS) is 25.6. The summed E-state index contributed by atoms with van der Waals surface area (Å²) < 4.78 is 15.7. The molecule has 1 amide bonds. The van der Waals surface area contributed by atoms with Gasteiger partial charge in [0.15, 0.2) is 0 Å². The minimum absolute atomic E-state index is 0.0260. The van der Waals surface area contributed by atoms with Gasteiger partial charge in [0.1, 0.15) is 6.10 Å². The highest BCUT2D eigenvalue weighted by molar-refractivity contribution is 5.81. The Hall–Kier alpha value is -1.14. The quantitative estimate of drug-likeness (QED) is 0.673. The Labute approximate surface area is 119 Å². The maximum atomic E-state index is 12.4. The zero-order valence-electron chi connectivity index (χ0n) is 12.0. The molecule has 1 unspecified atom stereocenters. The second kappa shape index (κ2) is 7.59. The average molecular weight is 285 g/mol. The van der Waals surface area contributed by atoms with Crippen LogP contribution in [0.1, 0.15) is 32.1 Å². The number of carbonyl (C=O) groups excluding carboxylic acids is 2. The monoisotopic (exact) mass is 285 g/mol. The third-order valence-corrected chi connectivity index (χ3v) is 3.78. The number of carbonyl (C=O) groups is 2. The van der Waals surface area contributed by atoms with Gasteiger partial charge in [-0.15, -0.1) is 0 Å². The van der Waals surface area contributed by atoms with Crippen LogP contribution in [0.5, 0.6) is 0 Å². The molecule has 6 heteroatoms. The second-order valence-electron chi connectivity index (χ2n) is 5.25. The molecule has 114 valence electrons. The van der Waals surface area contributed by atoms with Crippen molar-refractivity contribution in [3.8, 4) is 0 Å². The molecule has 20 heavy (non-hydrogen) atoms. The number of ether oxygens (including phenoxy) is 3. The van der Waals surface area contributed by atoms with Crippen molar-refractivity contribution in [1.29, 1.82) is 0 Å². The van der Waals surface area contributed by atoms with E-state index >= 15 is 0 Å². The van der Waals surface area contributed by atoms with Crippen LogP contribution >= 0.6 is 0 Å². The minimum Gasteiger partial charge on any atom is -0.469 e. The predicted molar refractivity (Wildman–Crippen MR) is 71.2 cm³/mol. The maximum absolute atomic E-state index is 12.4. The lowest BCUT2D eigenvalue weighted by Crippen LogP contribution is -2.44. The molecule has 0 spiro atoms. The van der Waals surface area contributed by atoms with Crippen LogP contribution in [0.2, 0.25) is 0 Å². The van der Waals surface area contributed by atoms with Crippen molar-refractivity contribution < 1.29 is 23.8 Å². The molecule has 2 rings (SSSR count). The minimum atomic E-state index is -0.353. The van der Waals surface area contributed by atoms with Crippen molar-refractivity contribution in [2.24, 2.45) is 0 Å². The molecule has 0 aromatic heterocycles. The van der Waals surface area contributed by atoms with Gasteiger partial charge in [-0.05, 0) is 25.7 Å². The van der Waals surface area contributed by atoms with E-state index in [1.807, 2.05) is 0 Å². The highest BCUT2D eigenvalue weighted by atomic mass is 16.5. The highest BCUT2D eigenvalue weighted by Crippen LogP contribution is 2.18. The van der Waals surface area contributed by atoms with Gasteiger partial charge in [0.05, 0.1) is 19.6 Å². The summed E-state index contributed by atoms with van der Waals surface area (Å²) in [5, 5.41) is 0. The fourth-order valence-electron chi connectivity index (χ4n) is 2.63. The van der Waals surface area contributed by atoms with Crippen LogP contribution in [0, 0.1) is 0 Å². The summed E-state index contributed by atoms with van der Waals surface area (Å²) in [6, 6.07) is 0. The molecule has 2 aliphatic rings. The molecule has 0 radical (unpaired) electrons. The summed E-state index contributed by atoms with van der Waals surface area (Å²) in [5.74, 6) is -0.329. The molecule has 2 aliphatic heterocycles. The maximum Gasteiger partial charge on any atom is 0.307 e. The number of hydrogen-bond acceptors (Lipinski definition) is 5. The summed E-state index contributed by atoms with van der Waals surface area (Å²) in [7, 11) is 1.36. The number of rotatable bonds is 6. The Morgan fingerprint density at radius 2 is 1.95 bits per heavy atom. The molecular weight excluding hydrogens is 262 g/mol. The van der Waals surface area contributed by atoms with Gasteiger partial charge in [-0.25, -0.2) is 0 Å². The zero-order valence-corrected chi connectivity index (χ0v) is 12.0. The Bertz CT molecular complexity index is 334. The van der Waals surface area contributed by atoms with E-state index < -0.39 is 0 Å². The van der Waals surface area contributed by atoms with Crippen LogP contribution < -0.4 is 0 Å². The van der Waals surface area contributed by atoms with E-state index in [0.717, 1.165) is 32.3 Å². The summed E-state index contributed by atoms with van der Waals surface area (Å²) in [6.07, 6.45) is 3.62. The second-order valence-corrected chi connectivity index (χ2v) is 5.25. The zero-order chi connectivity index (χ0) is 14.4. The summed E-state index contributed by atoms with van der Waals surface area (Å²) in [6.45, 7) is 2.30. The lowest BCUT2D eigenvalue weighted by Gasteiger charge is -2.27. The van der Waals surface area contributed by atoms with E-state index in [4.69, 9.17) is 9.47 Å². The molecular formula is C14H23NO5. The topological polar surface area (TPSA) is 65.1 Å². The summed E-state index contributed by atoms with van der Waals surface area (Å²) >= 11 is 0. The SMILES string of the molecule is COC(=O)CCN(CC1CCCO1)C(=O)[C@H]1CCCO1. The third kappa shape index (κ3) is 4.18. The molecule has 2 heterocycles. The van der Waals surface area contributed by atoms with Gasteiger partial charge in [-0.2, -0.15) is 0 Å². The van der Waals surface area contributed by atoms with Gasteiger partial charge < -0.3 is 19.1 Å². The largest absolute Gasteiger partial charge is 0.469 e.